The van der Waals surface area contributed by atoms with Gasteiger partial charge in [-0.3, -0.25) is 0 Å². The second-order valence-electron chi connectivity index (χ2n) is 6.43. The molecule has 2 heterocycles. The highest BCUT2D eigenvalue weighted by atomic mass is 35.5. The Morgan fingerprint density at radius 1 is 1.24 bits per heavy atom. The first-order chi connectivity index (χ1) is 14.1. The van der Waals surface area contributed by atoms with Crippen molar-refractivity contribution in [3.8, 4) is 11.5 Å². The van der Waals surface area contributed by atoms with Gasteiger partial charge in [-0.15, -0.1) is 0 Å². The van der Waals surface area contributed by atoms with E-state index >= 15 is 0 Å². The van der Waals surface area contributed by atoms with Crippen LogP contribution in [0.15, 0.2) is 42.5 Å². The van der Waals surface area contributed by atoms with Gasteiger partial charge in [0.2, 0.25) is 5.95 Å². The number of alkyl halides is 2. The molecule has 1 N–H and O–H groups in total. The van der Waals surface area contributed by atoms with Crippen molar-refractivity contribution in [2.24, 2.45) is 0 Å². The third-order valence-corrected chi connectivity index (χ3v) is 5.00. The Balaban J connectivity index is 1.70. The molecular weight excluding hydrogens is 404 g/mol. The minimum Gasteiger partial charge on any atom is -0.492 e. The number of para-hydroxylation sites is 1. The van der Waals surface area contributed by atoms with Gasteiger partial charge in [-0.2, -0.15) is 8.78 Å². The Morgan fingerprint density at radius 2 is 2.07 bits per heavy atom. The molecule has 2 atom stereocenters. The molecule has 152 valence electrons. The maximum Gasteiger partial charge on any atom is 0.387 e. The second-order valence-corrected chi connectivity index (χ2v) is 6.84. The maximum atomic E-state index is 12.9. The summed E-state index contributed by atoms with van der Waals surface area (Å²) in [6.45, 7) is -0.527. The molecule has 2 aromatic carbocycles. The van der Waals surface area contributed by atoms with Gasteiger partial charge in [0.1, 0.15) is 11.5 Å². The van der Waals surface area contributed by atoms with Crippen LogP contribution in [0.3, 0.4) is 0 Å². The van der Waals surface area contributed by atoms with Gasteiger partial charge in [0, 0.05) is 5.56 Å². The van der Waals surface area contributed by atoms with Crippen LogP contribution < -0.4 is 14.8 Å². The molecule has 4 rings (SSSR count). The number of hydrogen-bond acceptors (Lipinski definition) is 6. The van der Waals surface area contributed by atoms with Crippen LogP contribution in [0, 0.1) is 0 Å². The standard InChI is InChI=1S/C19H18ClF2N5O2/c1-2-28-17-8-7-11(9-13(17)20)14-10-15(27-19(23-14)24-25-26-27)12-5-3-4-6-16(12)29-18(21)22/h3-9,14-15,18H,2,10H2,1H3,(H,23,24,26)/t14-,15+/m0/s1. The molecule has 0 aliphatic carbocycles. The third kappa shape index (κ3) is 3.95. The van der Waals surface area contributed by atoms with E-state index in [9.17, 15) is 8.78 Å². The summed E-state index contributed by atoms with van der Waals surface area (Å²) in [4.78, 5) is 0. The Hall–Kier alpha value is -2.94. The number of rotatable bonds is 6. The fraction of sp³-hybridized carbons (Fsp3) is 0.316. The number of benzene rings is 2. The number of anilines is 1. The van der Waals surface area contributed by atoms with Crippen molar-refractivity contribution in [2.75, 3.05) is 11.9 Å². The molecule has 0 saturated heterocycles. The predicted octanol–water partition coefficient (Wildman–Crippen LogP) is 4.47. The molecule has 7 nitrogen and oxygen atoms in total. The lowest BCUT2D eigenvalue weighted by Gasteiger charge is -2.31. The number of nitrogens with one attached hydrogen (secondary N) is 1. The molecule has 10 heteroatoms. The van der Waals surface area contributed by atoms with Gasteiger partial charge in [-0.05, 0) is 47.5 Å². The van der Waals surface area contributed by atoms with Crippen LogP contribution in [0.5, 0.6) is 11.5 Å². The van der Waals surface area contributed by atoms with Gasteiger partial charge in [0.25, 0.3) is 0 Å². The first-order valence-electron chi connectivity index (χ1n) is 9.07. The van der Waals surface area contributed by atoms with E-state index in [2.05, 4.69) is 20.8 Å². The van der Waals surface area contributed by atoms with Gasteiger partial charge in [0.15, 0.2) is 0 Å². The molecule has 0 bridgehead atoms. The van der Waals surface area contributed by atoms with Crippen LogP contribution in [-0.2, 0) is 0 Å². The topological polar surface area (TPSA) is 74.1 Å². The molecular formula is C19H18ClF2N5O2. The minimum atomic E-state index is -2.92. The normalized spacial score (nSPS) is 18.2. The molecule has 0 spiro atoms. The van der Waals surface area contributed by atoms with Crippen molar-refractivity contribution in [1.82, 2.24) is 20.2 Å². The van der Waals surface area contributed by atoms with Crippen molar-refractivity contribution in [2.45, 2.75) is 32.0 Å². The number of hydrogen-bond donors (Lipinski definition) is 1. The zero-order valence-electron chi connectivity index (χ0n) is 15.4. The lowest BCUT2D eigenvalue weighted by atomic mass is 9.93. The van der Waals surface area contributed by atoms with E-state index in [0.29, 0.717) is 35.3 Å². The van der Waals surface area contributed by atoms with Crippen LogP contribution in [0.4, 0.5) is 14.7 Å². The van der Waals surface area contributed by atoms with E-state index < -0.39 is 12.7 Å². The summed E-state index contributed by atoms with van der Waals surface area (Å²) in [5.41, 5.74) is 1.48. The van der Waals surface area contributed by atoms with Crippen molar-refractivity contribution < 1.29 is 18.3 Å². The Morgan fingerprint density at radius 3 is 2.83 bits per heavy atom. The maximum absolute atomic E-state index is 12.9. The fourth-order valence-electron chi connectivity index (χ4n) is 3.48. The monoisotopic (exact) mass is 421 g/mol. The van der Waals surface area contributed by atoms with Crippen LogP contribution >= 0.6 is 11.6 Å². The number of aromatic nitrogens is 4. The number of ether oxygens (including phenoxy) is 2. The molecule has 0 radical (unpaired) electrons. The largest absolute Gasteiger partial charge is 0.492 e. The summed E-state index contributed by atoms with van der Waals surface area (Å²) in [5.74, 6) is 1.13. The second kappa shape index (κ2) is 8.20. The zero-order valence-corrected chi connectivity index (χ0v) is 16.2. The molecule has 29 heavy (non-hydrogen) atoms. The third-order valence-electron chi connectivity index (χ3n) is 4.70. The van der Waals surface area contributed by atoms with Crippen LogP contribution in [0.1, 0.15) is 36.6 Å². The fourth-order valence-corrected chi connectivity index (χ4v) is 3.72. The number of nitrogens with zero attached hydrogens (tertiary/aromatic N) is 4. The summed E-state index contributed by atoms with van der Waals surface area (Å²) in [6, 6.07) is 11.6. The predicted molar refractivity (Wildman–Crippen MR) is 103 cm³/mol. The number of halogens is 3. The van der Waals surface area contributed by atoms with E-state index in [1.807, 2.05) is 25.1 Å². The average molecular weight is 422 g/mol. The lowest BCUT2D eigenvalue weighted by Crippen LogP contribution is -2.28. The van der Waals surface area contributed by atoms with E-state index in [1.54, 1.807) is 22.9 Å². The van der Waals surface area contributed by atoms with E-state index in [-0.39, 0.29) is 11.8 Å². The molecule has 1 aliphatic rings. The van der Waals surface area contributed by atoms with Gasteiger partial charge >= 0.3 is 6.61 Å². The lowest BCUT2D eigenvalue weighted by molar-refractivity contribution is -0.0507. The molecule has 0 amide bonds. The highest BCUT2D eigenvalue weighted by molar-refractivity contribution is 6.32. The van der Waals surface area contributed by atoms with E-state index in [4.69, 9.17) is 21.1 Å². The average Bonchev–Trinajstić information content (AvgIpc) is 3.18. The SMILES string of the molecule is CCOc1ccc([C@@H]2C[C@H](c3ccccc3OC(F)F)n3nnnc3N2)cc1Cl. The van der Waals surface area contributed by atoms with Crippen molar-refractivity contribution in [3.63, 3.8) is 0 Å². The van der Waals surface area contributed by atoms with Gasteiger partial charge in [0.05, 0.1) is 23.7 Å². The van der Waals surface area contributed by atoms with Crippen LogP contribution in [0.2, 0.25) is 5.02 Å². The van der Waals surface area contributed by atoms with E-state index in [0.717, 1.165) is 5.56 Å². The summed E-state index contributed by atoms with van der Waals surface area (Å²) < 4.78 is 37.5. The summed E-state index contributed by atoms with van der Waals surface area (Å²) in [5, 5.41) is 15.5. The van der Waals surface area contributed by atoms with Crippen LogP contribution in [0.25, 0.3) is 0 Å². The van der Waals surface area contributed by atoms with Gasteiger partial charge in [-0.1, -0.05) is 41.0 Å². The summed E-state index contributed by atoms with van der Waals surface area (Å²) >= 11 is 6.34. The smallest absolute Gasteiger partial charge is 0.387 e. The Labute approximate surface area is 170 Å². The van der Waals surface area contributed by atoms with Gasteiger partial charge in [-0.25, -0.2) is 4.68 Å². The van der Waals surface area contributed by atoms with E-state index in [1.165, 1.54) is 6.07 Å². The molecule has 0 unspecified atom stereocenters. The first-order valence-corrected chi connectivity index (χ1v) is 9.45. The summed E-state index contributed by atoms with van der Waals surface area (Å²) in [7, 11) is 0. The first kappa shape index (κ1) is 19.4. The summed E-state index contributed by atoms with van der Waals surface area (Å²) in [6.07, 6.45) is 0.506. The molecule has 1 aromatic heterocycles. The zero-order chi connectivity index (χ0) is 20.4. The molecule has 0 saturated carbocycles. The van der Waals surface area contributed by atoms with Crippen LogP contribution in [-0.4, -0.2) is 33.4 Å². The molecule has 0 fully saturated rings. The Kier molecular flexibility index (Phi) is 5.48. The Bertz CT molecular complexity index is 1000. The van der Waals surface area contributed by atoms with Gasteiger partial charge < -0.3 is 14.8 Å². The van der Waals surface area contributed by atoms with Crippen molar-refractivity contribution in [1.29, 1.82) is 0 Å². The minimum absolute atomic E-state index is 0.0966. The number of fused-ring (bicyclic) bond motifs is 1. The molecule has 1 aliphatic heterocycles. The van der Waals surface area contributed by atoms with Crippen molar-refractivity contribution in [3.05, 3.63) is 58.6 Å². The highest BCUT2D eigenvalue weighted by Gasteiger charge is 2.33. The van der Waals surface area contributed by atoms with Crippen molar-refractivity contribution >= 4 is 17.5 Å². The number of tetrazole rings is 1. The quantitative estimate of drug-likeness (QED) is 0.633. The molecule has 3 aromatic rings. The highest BCUT2D eigenvalue weighted by Crippen LogP contribution is 2.41.